The van der Waals surface area contributed by atoms with Crippen molar-refractivity contribution in [3.8, 4) is 5.75 Å². The third kappa shape index (κ3) is 3.07. The van der Waals surface area contributed by atoms with E-state index in [4.69, 9.17) is 9.84 Å². The summed E-state index contributed by atoms with van der Waals surface area (Å²) in [6.07, 6.45) is 3.42. The molecule has 5 heteroatoms. The Bertz CT molecular complexity index is 557. The Morgan fingerprint density at radius 2 is 2.22 bits per heavy atom. The summed E-state index contributed by atoms with van der Waals surface area (Å²) in [5, 5.41) is 8.84. The number of ether oxygens (including phenoxy) is 1. The van der Waals surface area contributed by atoms with E-state index in [0.29, 0.717) is 16.8 Å². The minimum absolute atomic E-state index is 0.218. The first-order chi connectivity index (χ1) is 8.66. The van der Waals surface area contributed by atoms with E-state index in [2.05, 4.69) is 20.9 Å². The quantitative estimate of drug-likeness (QED) is 0.943. The molecule has 1 aromatic heterocycles. The maximum atomic E-state index is 10.8. The average Bonchev–Trinajstić information content (AvgIpc) is 2.38. The summed E-state index contributed by atoms with van der Waals surface area (Å²) < 4.78 is 6.19. The fraction of sp³-hybridized carbons (Fsp3) is 0.0769. The molecular formula is C13H10BrNO3. The highest BCUT2D eigenvalue weighted by atomic mass is 79.9. The number of carbonyl (C=O) groups is 1. The lowest BCUT2D eigenvalue weighted by molar-refractivity contribution is 0.0696. The van der Waals surface area contributed by atoms with Crippen molar-refractivity contribution in [1.29, 1.82) is 0 Å². The Hall–Kier alpha value is -1.88. The van der Waals surface area contributed by atoms with Gasteiger partial charge in [0.05, 0.1) is 10.0 Å². The van der Waals surface area contributed by atoms with Crippen LogP contribution < -0.4 is 4.74 Å². The maximum absolute atomic E-state index is 10.8. The standard InChI is InChI=1S/C13H10BrNO3/c14-11-6-10(13(16)17)3-4-12(11)18-8-9-2-1-5-15-7-9/h1-7H,8H2,(H,16,17). The zero-order valence-electron chi connectivity index (χ0n) is 9.34. The number of aromatic carboxylic acids is 1. The normalized spacial score (nSPS) is 10.1. The number of nitrogens with zero attached hydrogens (tertiary/aromatic N) is 1. The Morgan fingerprint density at radius 3 is 2.83 bits per heavy atom. The molecule has 92 valence electrons. The first-order valence-electron chi connectivity index (χ1n) is 5.21. The highest BCUT2D eigenvalue weighted by Crippen LogP contribution is 2.26. The number of hydrogen-bond acceptors (Lipinski definition) is 3. The van der Waals surface area contributed by atoms with Gasteiger partial charge in [0.15, 0.2) is 0 Å². The molecule has 0 saturated carbocycles. The molecule has 4 nitrogen and oxygen atoms in total. The van der Waals surface area contributed by atoms with Gasteiger partial charge < -0.3 is 9.84 Å². The highest BCUT2D eigenvalue weighted by Gasteiger charge is 2.07. The van der Waals surface area contributed by atoms with E-state index in [9.17, 15) is 4.79 Å². The van der Waals surface area contributed by atoms with Gasteiger partial charge in [-0.2, -0.15) is 0 Å². The number of rotatable bonds is 4. The summed E-state index contributed by atoms with van der Waals surface area (Å²) in [7, 11) is 0. The molecule has 0 radical (unpaired) electrons. The fourth-order valence-electron chi connectivity index (χ4n) is 1.40. The molecule has 1 N–H and O–H groups in total. The Balaban J connectivity index is 2.08. The van der Waals surface area contributed by atoms with Crippen molar-refractivity contribution >= 4 is 21.9 Å². The summed E-state index contributed by atoms with van der Waals surface area (Å²) in [4.78, 5) is 14.8. The summed E-state index contributed by atoms with van der Waals surface area (Å²) >= 11 is 3.29. The second-order valence-corrected chi connectivity index (χ2v) is 4.45. The predicted octanol–water partition coefficient (Wildman–Crippen LogP) is 3.12. The van der Waals surface area contributed by atoms with Crippen LogP contribution in [-0.4, -0.2) is 16.1 Å². The number of halogens is 1. The minimum atomic E-state index is -0.963. The molecule has 0 aliphatic rings. The number of carboxylic acid groups (broad SMARTS) is 1. The summed E-state index contributed by atoms with van der Waals surface area (Å²) in [6, 6.07) is 8.39. The van der Waals surface area contributed by atoms with Gasteiger partial charge in [0, 0.05) is 18.0 Å². The predicted molar refractivity (Wildman–Crippen MR) is 69.7 cm³/mol. The van der Waals surface area contributed by atoms with Crippen molar-refractivity contribution in [2.24, 2.45) is 0 Å². The molecule has 0 atom stereocenters. The zero-order valence-corrected chi connectivity index (χ0v) is 10.9. The molecule has 0 aliphatic heterocycles. The second kappa shape index (κ2) is 5.64. The van der Waals surface area contributed by atoms with Gasteiger partial charge in [-0.3, -0.25) is 4.98 Å². The van der Waals surface area contributed by atoms with Crippen LogP contribution in [0.4, 0.5) is 0 Å². The van der Waals surface area contributed by atoms with Gasteiger partial charge in [-0.1, -0.05) is 6.07 Å². The van der Waals surface area contributed by atoms with Crippen molar-refractivity contribution in [3.63, 3.8) is 0 Å². The SMILES string of the molecule is O=C(O)c1ccc(OCc2cccnc2)c(Br)c1. The van der Waals surface area contributed by atoms with E-state index in [-0.39, 0.29) is 5.56 Å². The number of pyridine rings is 1. The molecular weight excluding hydrogens is 298 g/mol. The van der Waals surface area contributed by atoms with Crippen LogP contribution in [-0.2, 0) is 6.61 Å². The van der Waals surface area contributed by atoms with E-state index in [1.807, 2.05) is 12.1 Å². The van der Waals surface area contributed by atoms with Gasteiger partial charge in [-0.25, -0.2) is 4.79 Å². The van der Waals surface area contributed by atoms with Gasteiger partial charge in [0.2, 0.25) is 0 Å². The summed E-state index contributed by atoms with van der Waals surface area (Å²) in [6.45, 7) is 0.388. The third-order valence-corrected chi connectivity index (χ3v) is 2.92. The zero-order chi connectivity index (χ0) is 13.0. The van der Waals surface area contributed by atoms with E-state index >= 15 is 0 Å². The number of aromatic nitrogens is 1. The van der Waals surface area contributed by atoms with Crippen LogP contribution in [0.15, 0.2) is 47.2 Å². The van der Waals surface area contributed by atoms with Crippen LogP contribution in [0.2, 0.25) is 0 Å². The van der Waals surface area contributed by atoms with E-state index in [1.54, 1.807) is 18.5 Å². The molecule has 2 aromatic rings. The number of carboxylic acids is 1. The molecule has 0 amide bonds. The molecule has 1 aromatic carbocycles. The van der Waals surface area contributed by atoms with Crippen LogP contribution in [0.1, 0.15) is 15.9 Å². The molecule has 18 heavy (non-hydrogen) atoms. The highest BCUT2D eigenvalue weighted by molar-refractivity contribution is 9.10. The molecule has 0 bridgehead atoms. The van der Waals surface area contributed by atoms with E-state index in [0.717, 1.165) is 5.56 Å². The van der Waals surface area contributed by atoms with Crippen molar-refractivity contribution in [3.05, 3.63) is 58.3 Å². The largest absolute Gasteiger partial charge is 0.488 e. The number of hydrogen-bond donors (Lipinski definition) is 1. The van der Waals surface area contributed by atoms with Gasteiger partial charge in [-0.05, 0) is 40.2 Å². The monoisotopic (exact) mass is 307 g/mol. The molecule has 0 fully saturated rings. The Labute approximate surface area is 112 Å². The smallest absolute Gasteiger partial charge is 0.335 e. The van der Waals surface area contributed by atoms with Crippen LogP contribution in [0.3, 0.4) is 0 Å². The molecule has 0 unspecified atom stereocenters. The first-order valence-corrected chi connectivity index (χ1v) is 6.00. The van der Waals surface area contributed by atoms with Crippen LogP contribution in [0, 0.1) is 0 Å². The molecule has 0 aliphatic carbocycles. The van der Waals surface area contributed by atoms with Crippen molar-refractivity contribution in [2.45, 2.75) is 6.61 Å². The van der Waals surface area contributed by atoms with Crippen molar-refractivity contribution < 1.29 is 14.6 Å². The lowest BCUT2D eigenvalue weighted by Gasteiger charge is -2.08. The van der Waals surface area contributed by atoms with Crippen LogP contribution in [0.25, 0.3) is 0 Å². The Kier molecular flexibility index (Phi) is 3.94. The summed E-state index contributed by atoms with van der Waals surface area (Å²) in [5.41, 5.74) is 1.17. The third-order valence-electron chi connectivity index (χ3n) is 2.30. The van der Waals surface area contributed by atoms with Crippen LogP contribution in [0.5, 0.6) is 5.75 Å². The van der Waals surface area contributed by atoms with E-state index in [1.165, 1.54) is 12.1 Å². The van der Waals surface area contributed by atoms with Crippen molar-refractivity contribution in [1.82, 2.24) is 4.98 Å². The van der Waals surface area contributed by atoms with Gasteiger partial charge >= 0.3 is 5.97 Å². The van der Waals surface area contributed by atoms with Crippen LogP contribution >= 0.6 is 15.9 Å². The lowest BCUT2D eigenvalue weighted by atomic mass is 10.2. The van der Waals surface area contributed by atoms with E-state index < -0.39 is 5.97 Å². The van der Waals surface area contributed by atoms with Gasteiger partial charge in [0.25, 0.3) is 0 Å². The number of benzene rings is 1. The van der Waals surface area contributed by atoms with Gasteiger partial charge in [-0.15, -0.1) is 0 Å². The average molecular weight is 308 g/mol. The Morgan fingerprint density at radius 1 is 1.39 bits per heavy atom. The minimum Gasteiger partial charge on any atom is -0.488 e. The molecule has 2 rings (SSSR count). The molecule has 1 heterocycles. The first kappa shape index (κ1) is 12.6. The van der Waals surface area contributed by atoms with Crippen molar-refractivity contribution in [2.75, 3.05) is 0 Å². The lowest BCUT2D eigenvalue weighted by Crippen LogP contribution is -1.99. The molecule has 0 saturated heterocycles. The van der Waals surface area contributed by atoms with Gasteiger partial charge in [0.1, 0.15) is 12.4 Å². The second-order valence-electron chi connectivity index (χ2n) is 3.60. The fourth-order valence-corrected chi connectivity index (χ4v) is 1.89. The topological polar surface area (TPSA) is 59.4 Å². The maximum Gasteiger partial charge on any atom is 0.335 e. The summed E-state index contributed by atoms with van der Waals surface area (Å²) in [5.74, 6) is -0.363. The molecule has 0 spiro atoms.